The molecule has 3 rings (SSSR count). The van der Waals surface area contributed by atoms with E-state index < -0.39 is 0 Å². The highest BCUT2D eigenvalue weighted by Gasteiger charge is 2.22. The number of fused-ring (bicyclic) bond motifs is 1. The molecule has 2 heterocycles. The molecule has 0 spiro atoms. The van der Waals surface area contributed by atoms with E-state index in [1.807, 2.05) is 18.2 Å². The third kappa shape index (κ3) is 1.99. The summed E-state index contributed by atoms with van der Waals surface area (Å²) in [6.45, 7) is 1.26. The van der Waals surface area contributed by atoms with E-state index in [0.717, 1.165) is 11.0 Å². The van der Waals surface area contributed by atoms with E-state index in [2.05, 4.69) is 0 Å². The van der Waals surface area contributed by atoms with Gasteiger partial charge >= 0.3 is 0 Å². The monoisotopic (exact) mass is 245 g/mol. The molecule has 4 nitrogen and oxygen atoms in total. The Labute approximate surface area is 105 Å². The largest absolute Gasteiger partial charge is 0.464 e. The second-order valence-electron chi connectivity index (χ2n) is 4.70. The van der Waals surface area contributed by atoms with Gasteiger partial charge in [-0.15, -0.1) is 0 Å². The molecular formula is C14H15NO3. The number of carbonyl (C=O) groups is 1. The lowest BCUT2D eigenvalue weighted by atomic mass is 10.1. The number of nitrogens with zero attached hydrogens (tertiary/aromatic N) is 1. The maximum Gasteiger partial charge on any atom is 0.253 e. The Balaban J connectivity index is 1.82. The molecule has 1 fully saturated rings. The molecule has 1 aliphatic heterocycles. The lowest BCUT2D eigenvalue weighted by Crippen LogP contribution is -2.40. The lowest BCUT2D eigenvalue weighted by molar-refractivity contribution is 0.0546. The van der Waals surface area contributed by atoms with Gasteiger partial charge in [-0.3, -0.25) is 4.79 Å². The van der Waals surface area contributed by atoms with E-state index in [-0.39, 0.29) is 12.0 Å². The zero-order valence-electron chi connectivity index (χ0n) is 10.0. The van der Waals surface area contributed by atoms with Crippen molar-refractivity contribution in [1.29, 1.82) is 0 Å². The Morgan fingerprint density at radius 3 is 2.83 bits per heavy atom. The zero-order valence-corrected chi connectivity index (χ0v) is 10.0. The van der Waals surface area contributed by atoms with Crippen LogP contribution in [-0.2, 0) is 0 Å². The standard InChI is InChI=1S/C14H15NO3/c16-12-3-6-15(7-4-12)14(17)11-1-2-13-10(9-11)5-8-18-13/h1-2,5,8-9,12,16H,3-4,6-7H2. The molecule has 0 radical (unpaired) electrons. The SMILES string of the molecule is O=C(c1ccc2occc2c1)N1CCC(O)CC1. The van der Waals surface area contributed by atoms with E-state index in [0.29, 0.717) is 31.5 Å². The second-order valence-corrected chi connectivity index (χ2v) is 4.70. The van der Waals surface area contributed by atoms with Gasteiger partial charge in [-0.05, 0) is 37.1 Å². The highest BCUT2D eigenvalue weighted by molar-refractivity contribution is 5.97. The number of hydrogen-bond acceptors (Lipinski definition) is 3. The maximum absolute atomic E-state index is 12.3. The molecule has 0 bridgehead atoms. The van der Waals surface area contributed by atoms with Crippen LogP contribution in [0.4, 0.5) is 0 Å². The van der Waals surface area contributed by atoms with Gasteiger partial charge in [0.2, 0.25) is 0 Å². The van der Waals surface area contributed by atoms with Crippen LogP contribution in [-0.4, -0.2) is 35.1 Å². The van der Waals surface area contributed by atoms with E-state index in [1.54, 1.807) is 17.2 Å². The number of hydrogen-bond donors (Lipinski definition) is 1. The molecule has 18 heavy (non-hydrogen) atoms. The molecular weight excluding hydrogens is 230 g/mol. The summed E-state index contributed by atoms with van der Waals surface area (Å²) in [5.74, 6) is 0.0324. The fraction of sp³-hybridized carbons (Fsp3) is 0.357. The Morgan fingerprint density at radius 1 is 1.28 bits per heavy atom. The van der Waals surface area contributed by atoms with Crippen LogP contribution in [0.25, 0.3) is 11.0 Å². The van der Waals surface area contributed by atoms with Crippen molar-refractivity contribution in [2.75, 3.05) is 13.1 Å². The predicted molar refractivity (Wildman–Crippen MR) is 67.4 cm³/mol. The Bertz CT molecular complexity index is 567. The molecule has 4 heteroatoms. The van der Waals surface area contributed by atoms with Crippen molar-refractivity contribution in [3.63, 3.8) is 0 Å². The number of aliphatic hydroxyl groups excluding tert-OH is 1. The smallest absolute Gasteiger partial charge is 0.253 e. The van der Waals surface area contributed by atoms with Gasteiger partial charge in [0.25, 0.3) is 5.91 Å². The van der Waals surface area contributed by atoms with Crippen LogP contribution in [0, 0.1) is 0 Å². The van der Waals surface area contributed by atoms with Crippen molar-refractivity contribution in [2.24, 2.45) is 0 Å². The molecule has 0 saturated carbocycles. The summed E-state index contributed by atoms with van der Waals surface area (Å²) >= 11 is 0. The first kappa shape index (κ1) is 11.3. The van der Waals surface area contributed by atoms with Crippen molar-refractivity contribution >= 4 is 16.9 Å². The van der Waals surface area contributed by atoms with Crippen molar-refractivity contribution in [3.8, 4) is 0 Å². The van der Waals surface area contributed by atoms with Crippen LogP contribution in [0.5, 0.6) is 0 Å². The van der Waals surface area contributed by atoms with Gasteiger partial charge in [0.15, 0.2) is 0 Å². The van der Waals surface area contributed by atoms with Crippen LogP contribution < -0.4 is 0 Å². The van der Waals surface area contributed by atoms with E-state index >= 15 is 0 Å². The third-order valence-electron chi connectivity index (χ3n) is 3.45. The average Bonchev–Trinajstić information content (AvgIpc) is 2.86. The lowest BCUT2D eigenvalue weighted by Gasteiger charge is -2.29. The van der Waals surface area contributed by atoms with Crippen LogP contribution in [0.2, 0.25) is 0 Å². The van der Waals surface area contributed by atoms with E-state index in [4.69, 9.17) is 4.42 Å². The molecule has 1 N–H and O–H groups in total. The Kier molecular flexibility index (Phi) is 2.80. The predicted octanol–water partition coefficient (Wildman–Crippen LogP) is 2.03. The number of benzene rings is 1. The fourth-order valence-electron chi connectivity index (χ4n) is 2.35. The fourth-order valence-corrected chi connectivity index (χ4v) is 2.35. The highest BCUT2D eigenvalue weighted by atomic mass is 16.3. The minimum atomic E-state index is -0.259. The van der Waals surface area contributed by atoms with Gasteiger partial charge in [-0.25, -0.2) is 0 Å². The number of piperidine rings is 1. The number of furan rings is 1. The number of carbonyl (C=O) groups excluding carboxylic acids is 1. The number of aliphatic hydroxyl groups is 1. The number of amides is 1. The summed E-state index contributed by atoms with van der Waals surface area (Å²) in [5, 5.41) is 10.4. The van der Waals surface area contributed by atoms with E-state index in [1.165, 1.54) is 0 Å². The summed E-state index contributed by atoms with van der Waals surface area (Å²) in [7, 11) is 0. The molecule has 0 unspecified atom stereocenters. The molecule has 94 valence electrons. The summed E-state index contributed by atoms with van der Waals surface area (Å²) in [6, 6.07) is 7.32. The first-order valence-corrected chi connectivity index (χ1v) is 6.18. The molecule has 0 aliphatic carbocycles. The van der Waals surface area contributed by atoms with E-state index in [9.17, 15) is 9.90 Å². The molecule has 1 aromatic heterocycles. The van der Waals surface area contributed by atoms with Crippen LogP contribution in [0.3, 0.4) is 0 Å². The van der Waals surface area contributed by atoms with Crippen molar-refractivity contribution in [1.82, 2.24) is 4.90 Å². The minimum Gasteiger partial charge on any atom is -0.464 e. The van der Waals surface area contributed by atoms with Crippen LogP contribution in [0.1, 0.15) is 23.2 Å². The molecule has 1 amide bonds. The quantitative estimate of drug-likeness (QED) is 0.836. The average molecular weight is 245 g/mol. The van der Waals surface area contributed by atoms with Gasteiger partial charge in [-0.2, -0.15) is 0 Å². The topological polar surface area (TPSA) is 53.7 Å². The van der Waals surface area contributed by atoms with Gasteiger partial charge in [0.05, 0.1) is 12.4 Å². The summed E-state index contributed by atoms with van der Waals surface area (Å²) in [5.41, 5.74) is 1.47. The third-order valence-corrected chi connectivity index (χ3v) is 3.45. The first-order valence-electron chi connectivity index (χ1n) is 6.18. The first-order chi connectivity index (χ1) is 8.74. The van der Waals surface area contributed by atoms with Gasteiger partial charge in [0, 0.05) is 24.0 Å². The molecule has 1 aromatic carbocycles. The van der Waals surface area contributed by atoms with Gasteiger partial charge in [-0.1, -0.05) is 0 Å². The molecule has 1 aliphatic rings. The Morgan fingerprint density at radius 2 is 2.06 bits per heavy atom. The van der Waals surface area contributed by atoms with Crippen LogP contribution >= 0.6 is 0 Å². The maximum atomic E-state index is 12.3. The normalized spacial score (nSPS) is 17.3. The zero-order chi connectivity index (χ0) is 12.5. The van der Waals surface area contributed by atoms with Crippen molar-refractivity contribution in [3.05, 3.63) is 36.1 Å². The Hall–Kier alpha value is -1.81. The summed E-state index contributed by atoms with van der Waals surface area (Å²) in [6.07, 6.45) is 2.70. The number of likely N-dealkylation sites (tertiary alicyclic amines) is 1. The highest BCUT2D eigenvalue weighted by Crippen LogP contribution is 2.19. The summed E-state index contributed by atoms with van der Waals surface area (Å²) in [4.78, 5) is 14.1. The minimum absolute atomic E-state index is 0.0324. The second kappa shape index (κ2) is 4.46. The summed E-state index contributed by atoms with van der Waals surface area (Å²) < 4.78 is 5.25. The van der Waals surface area contributed by atoms with Gasteiger partial charge in [0.1, 0.15) is 5.58 Å². The van der Waals surface area contributed by atoms with Crippen molar-refractivity contribution in [2.45, 2.75) is 18.9 Å². The van der Waals surface area contributed by atoms with Crippen molar-refractivity contribution < 1.29 is 14.3 Å². The van der Waals surface area contributed by atoms with Gasteiger partial charge < -0.3 is 14.4 Å². The number of rotatable bonds is 1. The molecule has 1 saturated heterocycles. The van der Waals surface area contributed by atoms with Crippen LogP contribution in [0.15, 0.2) is 34.9 Å². The molecule has 0 atom stereocenters. The molecule has 2 aromatic rings.